The van der Waals surface area contributed by atoms with Crippen LogP contribution < -0.4 is 0 Å². The third-order valence-corrected chi connectivity index (χ3v) is 8.23. The van der Waals surface area contributed by atoms with Crippen LogP contribution in [0, 0.1) is 0 Å². The van der Waals surface area contributed by atoms with Gasteiger partial charge >= 0.3 is 0 Å². The van der Waals surface area contributed by atoms with Crippen LogP contribution in [0.15, 0.2) is 0 Å². The van der Waals surface area contributed by atoms with Crippen LogP contribution in [0.4, 0.5) is 0 Å². The molecule has 0 aromatic rings. The summed E-state index contributed by atoms with van der Waals surface area (Å²) in [6, 6.07) is 1.35. The second kappa shape index (κ2) is 18.5. The zero-order valence-corrected chi connectivity index (χ0v) is 20.2. The van der Waals surface area contributed by atoms with Gasteiger partial charge in [-0.15, -0.1) is 0 Å². The number of hydrogen-bond acceptors (Lipinski definition) is 1. The van der Waals surface area contributed by atoms with Crippen molar-refractivity contribution in [2.45, 2.75) is 155 Å². The Balaban J connectivity index is 3.68. The molecule has 1 nitrogen and oxygen atoms in total. The molecule has 1 unspecified atom stereocenters. The van der Waals surface area contributed by atoms with E-state index in [4.69, 9.17) is 4.43 Å². The average Bonchev–Trinajstić information content (AvgIpc) is 2.62. The molecular weight excluding hydrogens is 332 g/mol. The predicted molar refractivity (Wildman–Crippen MR) is 123 cm³/mol. The molecule has 0 saturated carbocycles. The van der Waals surface area contributed by atoms with Crippen LogP contribution in [-0.2, 0) is 4.43 Å². The van der Waals surface area contributed by atoms with E-state index in [-0.39, 0.29) is 0 Å². The van der Waals surface area contributed by atoms with Crippen molar-refractivity contribution in [1.29, 1.82) is 0 Å². The van der Waals surface area contributed by atoms with Gasteiger partial charge in [0.15, 0.2) is 8.32 Å². The lowest BCUT2D eigenvalue weighted by Crippen LogP contribution is -2.35. The SMILES string of the molecule is CCCCCCCCCCCC(CC)O[Si](C)(C)CCCCCCCC. The molecule has 0 radical (unpaired) electrons. The van der Waals surface area contributed by atoms with Gasteiger partial charge in [0, 0.05) is 6.10 Å². The van der Waals surface area contributed by atoms with E-state index in [1.807, 2.05) is 0 Å². The van der Waals surface area contributed by atoms with Crippen molar-refractivity contribution in [3.8, 4) is 0 Å². The Morgan fingerprint density at radius 1 is 0.577 bits per heavy atom. The normalized spacial score (nSPS) is 13.3. The summed E-state index contributed by atoms with van der Waals surface area (Å²) in [7, 11) is -1.45. The Kier molecular flexibility index (Phi) is 18.7. The molecule has 0 fully saturated rings. The van der Waals surface area contributed by atoms with E-state index in [0.29, 0.717) is 6.10 Å². The van der Waals surface area contributed by atoms with Crippen LogP contribution in [0.3, 0.4) is 0 Å². The molecule has 0 aliphatic carbocycles. The van der Waals surface area contributed by atoms with Gasteiger partial charge in [-0.1, -0.05) is 117 Å². The summed E-state index contributed by atoms with van der Waals surface area (Å²) in [5.74, 6) is 0. The van der Waals surface area contributed by atoms with Gasteiger partial charge in [0.2, 0.25) is 0 Å². The van der Waals surface area contributed by atoms with Crippen LogP contribution in [0.25, 0.3) is 0 Å². The minimum absolute atomic E-state index is 0.529. The van der Waals surface area contributed by atoms with Gasteiger partial charge in [-0.3, -0.25) is 0 Å². The van der Waals surface area contributed by atoms with Crippen LogP contribution in [0.5, 0.6) is 0 Å². The second-order valence-electron chi connectivity index (χ2n) is 9.04. The standard InChI is InChI=1S/C24H52OSi/c1-6-9-11-13-15-16-17-18-20-22-24(8-3)25-26(4,5)23-21-19-14-12-10-7-2/h24H,6-23H2,1-5H3. The molecule has 0 aromatic heterocycles. The Morgan fingerprint density at radius 2 is 1.00 bits per heavy atom. The molecule has 0 aliphatic heterocycles. The van der Waals surface area contributed by atoms with E-state index in [9.17, 15) is 0 Å². The van der Waals surface area contributed by atoms with Crippen LogP contribution in [-0.4, -0.2) is 14.4 Å². The maximum absolute atomic E-state index is 6.63. The van der Waals surface area contributed by atoms with E-state index in [1.165, 1.54) is 115 Å². The highest BCUT2D eigenvalue weighted by atomic mass is 28.4. The van der Waals surface area contributed by atoms with E-state index in [0.717, 1.165) is 0 Å². The third kappa shape index (κ3) is 17.6. The van der Waals surface area contributed by atoms with Gasteiger partial charge in [-0.25, -0.2) is 0 Å². The lowest BCUT2D eigenvalue weighted by atomic mass is 10.0. The summed E-state index contributed by atoms with van der Waals surface area (Å²) in [5, 5.41) is 0. The van der Waals surface area contributed by atoms with Crippen molar-refractivity contribution < 1.29 is 4.43 Å². The van der Waals surface area contributed by atoms with E-state index in [1.54, 1.807) is 0 Å². The topological polar surface area (TPSA) is 9.23 Å². The van der Waals surface area contributed by atoms with Crippen LogP contribution in [0.1, 0.15) is 130 Å². The summed E-state index contributed by atoms with van der Waals surface area (Å²) >= 11 is 0. The van der Waals surface area contributed by atoms with Crippen molar-refractivity contribution in [3.05, 3.63) is 0 Å². The quantitative estimate of drug-likeness (QED) is 0.150. The first kappa shape index (κ1) is 26.2. The Bertz CT molecular complexity index is 277. The number of unbranched alkanes of at least 4 members (excludes halogenated alkanes) is 13. The monoisotopic (exact) mass is 384 g/mol. The molecule has 0 spiro atoms. The zero-order valence-electron chi connectivity index (χ0n) is 19.2. The summed E-state index contributed by atoms with van der Waals surface area (Å²) in [4.78, 5) is 0. The summed E-state index contributed by atoms with van der Waals surface area (Å²) in [6.45, 7) is 11.8. The molecule has 158 valence electrons. The lowest BCUT2D eigenvalue weighted by molar-refractivity contribution is 0.172. The molecule has 26 heavy (non-hydrogen) atoms. The largest absolute Gasteiger partial charge is 0.414 e. The van der Waals surface area contributed by atoms with Gasteiger partial charge in [-0.2, -0.15) is 0 Å². The Labute approximate surface area is 168 Å². The molecule has 0 bridgehead atoms. The van der Waals surface area contributed by atoms with Gasteiger partial charge in [0.1, 0.15) is 0 Å². The Morgan fingerprint density at radius 3 is 1.46 bits per heavy atom. The maximum atomic E-state index is 6.63. The minimum Gasteiger partial charge on any atom is -0.414 e. The molecule has 0 heterocycles. The highest BCUT2D eigenvalue weighted by molar-refractivity contribution is 6.71. The molecule has 0 N–H and O–H groups in total. The van der Waals surface area contributed by atoms with Gasteiger partial charge in [0.05, 0.1) is 0 Å². The smallest absolute Gasteiger partial charge is 0.187 e. The first-order chi connectivity index (χ1) is 12.6. The van der Waals surface area contributed by atoms with Crippen molar-refractivity contribution in [2.75, 3.05) is 0 Å². The van der Waals surface area contributed by atoms with Gasteiger partial charge < -0.3 is 4.43 Å². The van der Waals surface area contributed by atoms with Crippen molar-refractivity contribution in [1.82, 2.24) is 0 Å². The first-order valence-corrected chi connectivity index (χ1v) is 15.3. The first-order valence-electron chi connectivity index (χ1n) is 12.2. The molecule has 0 rings (SSSR count). The maximum Gasteiger partial charge on any atom is 0.187 e. The van der Waals surface area contributed by atoms with Crippen LogP contribution >= 0.6 is 0 Å². The lowest BCUT2D eigenvalue weighted by Gasteiger charge is -2.29. The molecular formula is C24H52OSi. The molecule has 0 aliphatic rings. The fourth-order valence-electron chi connectivity index (χ4n) is 3.87. The number of hydrogen-bond donors (Lipinski definition) is 0. The van der Waals surface area contributed by atoms with Crippen molar-refractivity contribution in [2.24, 2.45) is 0 Å². The minimum atomic E-state index is -1.45. The van der Waals surface area contributed by atoms with Crippen molar-refractivity contribution in [3.63, 3.8) is 0 Å². The van der Waals surface area contributed by atoms with Gasteiger partial charge in [-0.05, 0) is 32.0 Å². The molecule has 0 aromatic carbocycles. The molecule has 2 heteroatoms. The second-order valence-corrected chi connectivity index (χ2v) is 13.3. The van der Waals surface area contributed by atoms with Crippen molar-refractivity contribution >= 4 is 8.32 Å². The van der Waals surface area contributed by atoms with E-state index >= 15 is 0 Å². The van der Waals surface area contributed by atoms with E-state index in [2.05, 4.69) is 33.9 Å². The summed E-state index contributed by atoms with van der Waals surface area (Å²) < 4.78 is 6.63. The zero-order chi connectivity index (χ0) is 19.5. The molecule has 1 atom stereocenters. The van der Waals surface area contributed by atoms with Gasteiger partial charge in [0.25, 0.3) is 0 Å². The van der Waals surface area contributed by atoms with E-state index < -0.39 is 8.32 Å². The summed E-state index contributed by atoms with van der Waals surface area (Å²) in [5.41, 5.74) is 0. The molecule has 0 amide bonds. The molecule has 0 saturated heterocycles. The summed E-state index contributed by atoms with van der Waals surface area (Å²) in [6.07, 6.45) is 24.2. The van der Waals surface area contributed by atoms with Crippen LogP contribution in [0.2, 0.25) is 19.1 Å². The average molecular weight is 385 g/mol. The fraction of sp³-hybridized carbons (Fsp3) is 1.00. The predicted octanol–water partition coefficient (Wildman–Crippen LogP) is 9.27. The number of rotatable bonds is 20. The highest BCUT2D eigenvalue weighted by Gasteiger charge is 2.25. The Hall–Kier alpha value is 0.177. The highest BCUT2D eigenvalue weighted by Crippen LogP contribution is 2.22. The fourth-order valence-corrected chi connectivity index (χ4v) is 6.28. The third-order valence-electron chi connectivity index (χ3n) is 5.70.